The van der Waals surface area contributed by atoms with Crippen LogP contribution in [0.15, 0.2) is 27.3 Å². The number of hydrogen-bond donors (Lipinski definition) is 1. The van der Waals surface area contributed by atoms with Crippen LogP contribution >= 0.6 is 11.3 Å². The largest absolute Gasteiger partial charge is 0.379 e. The Labute approximate surface area is 136 Å². The lowest BCUT2D eigenvalue weighted by atomic mass is 10.1. The first-order chi connectivity index (χ1) is 10.4. The van der Waals surface area contributed by atoms with Crippen molar-refractivity contribution in [2.45, 2.75) is 43.5 Å². The first kappa shape index (κ1) is 17.6. The van der Waals surface area contributed by atoms with E-state index in [0.717, 1.165) is 5.56 Å². The van der Waals surface area contributed by atoms with E-state index in [4.69, 9.17) is 9.47 Å². The highest BCUT2D eigenvalue weighted by Gasteiger charge is 2.31. The van der Waals surface area contributed by atoms with E-state index in [1.54, 1.807) is 12.3 Å². The predicted molar refractivity (Wildman–Crippen MR) is 87.8 cm³/mol. The van der Waals surface area contributed by atoms with Gasteiger partial charge in [-0.15, -0.1) is 11.3 Å². The molecule has 0 aliphatic carbocycles. The standard InChI is InChI=1S/C15H23NO4S2/c1-11(2)4-8-20-14-10-19-7-5-13(14)16-22(17,18)15-12(3)6-9-21-15/h4,6,9,13-14,16H,5,7-8,10H2,1-3H3/t13-,14-/m1/s1. The summed E-state index contributed by atoms with van der Waals surface area (Å²) in [7, 11) is -3.50. The summed E-state index contributed by atoms with van der Waals surface area (Å²) in [5.74, 6) is 0. The van der Waals surface area contributed by atoms with Gasteiger partial charge in [0.15, 0.2) is 0 Å². The van der Waals surface area contributed by atoms with E-state index in [1.807, 2.05) is 26.0 Å². The summed E-state index contributed by atoms with van der Waals surface area (Å²) in [6, 6.07) is 1.55. The van der Waals surface area contributed by atoms with Crippen LogP contribution in [0, 0.1) is 6.92 Å². The lowest BCUT2D eigenvalue weighted by Crippen LogP contribution is -2.49. The van der Waals surface area contributed by atoms with Gasteiger partial charge in [-0.3, -0.25) is 0 Å². The molecule has 5 nitrogen and oxygen atoms in total. The first-order valence-corrected chi connectivity index (χ1v) is 9.65. The summed E-state index contributed by atoms with van der Waals surface area (Å²) in [6.07, 6.45) is 2.33. The van der Waals surface area contributed by atoms with Gasteiger partial charge < -0.3 is 9.47 Å². The van der Waals surface area contributed by atoms with Gasteiger partial charge in [0, 0.05) is 6.61 Å². The Morgan fingerprint density at radius 1 is 1.55 bits per heavy atom. The molecule has 1 fully saturated rings. The van der Waals surface area contributed by atoms with Crippen molar-refractivity contribution in [1.82, 2.24) is 4.72 Å². The summed E-state index contributed by atoms with van der Waals surface area (Å²) < 4.78 is 39.4. The smallest absolute Gasteiger partial charge is 0.250 e. The monoisotopic (exact) mass is 345 g/mol. The molecule has 2 atom stereocenters. The second-order valence-corrected chi connectivity index (χ2v) is 8.46. The zero-order chi connectivity index (χ0) is 16.2. The van der Waals surface area contributed by atoms with Gasteiger partial charge in [0.25, 0.3) is 10.0 Å². The van der Waals surface area contributed by atoms with E-state index < -0.39 is 10.0 Å². The molecule has 1 aromatic heterocycles. The minimum atomic E-state index is -3.50. The minimum Gasteiger partial charge on any atom is -0.379 e. The van der Waals surface area contributed by atoms with Crippen LogP contribution in [0.1, 0.15) is 25.8 Å². The molecule has 0 spiro atoms. The van der Waals surface area contributed by atoms with E-state index >= 15 is 0 Å². The molecule has 22 heavy (non-hydrogen) atoms. The maximum absolute atomic E-state index is 12.5. The van der Waals surface area contributed by atoms with Gasteiger partial charge in [0.2, 0.25) is 0 Å². The number of thiophene rings is 1. The van der Waals surface area contributed by atoms with E-state index in [2.05, 4.69) is 4.72 Å². The molecule has 1 aliphatic heterocycles. The second-order valence-electron chi connectivity index (χ2n) is 5.64. The molecule has 0 bridgehead atoms. The maximum atomic E-state index is 12.5. The van der Waals surface area contributed by atoms with Crippen LogP contribution in [0.3, 0.4) is 0 Å². The van der Waals surface area contributed by atoms with Crippen LogP contribution in [0.25, 0.3) is 0 Å². The number of hydrogen-bond acceptors (Lipinski definition) is 5. The number of ether oxygens (including phenoxy) is 2. The van der Waals surface area contributed by atoms with Crippen LogP contribution in [-0.2, 0) is 19.5 Å². The second kappa shape index (κ2) is 7.70. The molecule has 1 aliphatic rings. The Morgan fingerprint density at radius 2 is 2.32 bits per heavy atom. The van der Waals surface area contributed by atoms with Crippen molar-refractivity contribution in [2.75, 3.05) is 19.8 Å². The Bertz CT molecular complexity index is 617. The summed E-state index contributed by atoms with van der Waals surface area (Å²) in [5, 5.41) is 1.79. The van der Waals surface area contributed by atoms with E-state index in [1.165, 1.54) is 16.9 Å². The van der Waals surface area contributed by atoms with Crippen LogP contribution in [0.2, 0.25) is 0 Å². The van der Waals surface area contributed by atoms with E-state index in [0.29, 0.717) is 30.5 Å². The first-order valence-electron chi connectivity index (χ1n) is 7.29. The predicted octanol–water partition coefficient (Wildman–Crippen LogP) is 2.48. The molecule has 2 rings (SSSR count). The molecule has 124 valence electrons. The average molecular weight is 345 g/mol. The lowest BCUT2D eigenvalue weighted by molar-refractivity contribution is -0.0561. The topological polar surface area (TPSA) is 64.6 Å². The molecule has 0 unspecified atom stereocenters. The average Bonchev–Trinajstić information content (AvgIpc) is 2.87. The van der Waals surface area contributed by atoms with Gasteiger partial charge in [-0.05, 0) is 44.2 Å². The van der Waals surface area contributed by atoms with Crippen molar-refractivity contribution in [3.8, 4) is 0 Å². The molecule has 0 radical (unpaired) electrons. The highest BCUT2D eigenvalue weighted by Crippen LogP contribution is 2.23. The van der Waals surface area contributed by atoms with Crippen molar-refractivity contribution in [1.29, 1.82) is 0 Å². The molecule has 1 aromatic rings. The molecule has 0 aromatic carbocycles. The van der Waals surface area contributed by atoms with Crippen molar-refractivity contribution in [3.05, 3.63) is 28.7 Å². The van der Waals surface area contributed by atoms with Crippen molar-refractivity contribution < 1.29 is 17.9 Å². The molecule has 0 amide bonds. The lowest BCUT2D eigenvalue weighted by Gasteiger charge is -2.31. The molecule has 2 heterocycles. The van der Waals surface area contributed by atoms with Gasteiger partial charge in [0.05, 0.1) is 25.4 Å². The molecule has 7 heteroatoms. The maximum Gasteiger partial charge on any atom is 0.250 e. The summed E-state index contributed by atoms with van der Waals surface area (Å²) in [5.41, 5.74) is 1.94. The SMILES string of the molecule is CC(C)=CCO[C@@H]1COCC[C@H]1NS(=O)(=O)c1sccc1C. The number of allylic oxidation sites excluding steroid dienone is 1. The molecule has 1 N–H and O–H groups in total. The normalized spacial score (nSPS) is 22.5. The van der Waals surface area contributed by atoms with Gasteiger partial charge in [0.1, 0.15) is 4.21 Å². The fourth-order valence-electron chi connectivity index (χ4n) is 2.24. The number of sulfonamides is 1. The van der Waals surface area contributed by atoms with Crippen LogP contribution < -0.4 is 4.72 Å². The van der Waals surface area contributed by atoms with Gasteiger partial charge in [-0.1, -0.05) is 11.6 Å². The molecular formula is C15H23NO4S2. The van der Waals surface area contributed by atoms with Crippen molar-refractivity contribution >= 4 is 21.4 Å². The summed E-state index contributed by atoms with van der Waals surface area (Å²) >= 11 is 1.24. The molecule has 1 saturated heterocycles. The zero-order valence-corrected chi connectivity index (χ0v) is 14.8. The van der Waals surface area contributed by atoms with Crippen molar-refractivity contribution in [3.63, 3.8) is 0 Å². The van der Waals surface area contributed by atoms with Crippen LogP contribution in [-0.4, -0.2) is 40.4 Å². The fourth-order valence-corrected chi connectivity index (χ4v) is 4.97. The van der Waals surface area contributed by atoms with Crippen LogP contribution in [0.4, 0.5) is 0 Å². The Morgan fingerprint density at radius 3 is 2.95 bits per heavy atom. The Balaban J connectivity index is 2.05. The Hall–Kier alpha value is -0.730. The summed E-state index contributed by atoms with van der Waals surface area (Å²) in [6.45, 7) is 7.22. The fraction of sp³-hybridized carbons (Fsp3) is 0.600. The number of nitrogens with one attached hydrogen (secondary N) is 1. The highest BCUT2D eigenvalue weighted by molar-refractivity contribution is 7.91. The van der Waals surface area contributed by atoms with E-state index in [-0.39, 0.29) is 12.1 Å². The van der Waals surface area contributed by atoms with Crippen molar-refractivity contribution in [2.24, 2.45) is 0 Å². The van der Waals surface area contributed by atoms with E-state index in [9.17, 15) is 8.42 Å². The third-order valence-corrected chi connectivity index (χ3v) is 6.65. The highest BCUT2D eigenvalue weighted by atomic mass is 32.2. The van der Waals surface area contributed by atoms with Crippen LogP contribution in [0.5, 0.6) is 0 Å². The minimum absolute atomic E-state index is 0.259. The number of aryl methyl sites for hydroxylation is 1. The zero-order valence-electron chi connectivity index (χ0n) is 13.2. The third kappa shape index (κ3) is 4.63. The third-order valence-electron chi connectivity index (χ3n) is 3.47. The molecular weight excluding hydrogens is 322 g/mol. The van der Waals surface area contributed by atoms with Gasteiger partial charge >= 0.3 is 0 Å². The summed E-state index contributed by atoms with van der Waals surface area (Å²) in [4.78, 5) is 0. The van der Waals surface area contributed by atoms with Gasteiger partial charge in [-0.2, -0.15) is 0 Å². The van der Waals surface area contributed by atoms with Gasteiger partial charge in [-0.25, -0.2) is 13.1 Å². The number of rotatable bonds is 6. The quantitative estimate of drug-likeness (QED) is 0.805. The molecule has 0 saturated carbocycles. The Kier molecular flexibility index (Phi) is 6.17.